The highest BCUT2D eigenvalue weighted by atomic mass is 35.5. The Balaban J connectivity index is 2.04. The molecule has 1 saturated carbocycles. The van der Waals surface area contributed by atoms with Crippen LogP contribution in [0.1, 0.15) is 36.0 Å². The van der Waals surface area contributed by atoms with E-state index in [1.165, 1.54) is 18.2 Å². The van der Waals surface area contributed by atoms with Gasteiger partial charge in [-0.25, -0.2) is 0 Å². The first-order valence-electron chi connectivity index (χ1n) is 7.15. The highest BCUT2D eigenvalue weighted by Crippen LogP contribution is 2.27. The number of halogens is 3. The highest BCUT2D eigenvalue weighted by molar-refractivity contribution is 6.31. The van der Waals surface area contributed by atoms with Crippen LogP contribution in [-0.2, 0) is 0 Å². The van der Waals surface area contributed by atoms with Gasteiger partial charge < -0.3 is 15.2 Å². The molecular weight excluding hydrogens is 316 g/mol. The molecule has 0 unspecified atom stereocenters. The van der Waals surface area contributed by atoms with Crippen LogP contribution in [-0.4, -0.2) is 30.3 Å². The smallest absolute Gasteiger partial charge is 0.387 e. The fraction of sp³-hybridized carbons (Fsp3) is 0.533. The van der Waals surface area contributed by atoms with Crippen LogP contribution in [0.25, 0.3) is 0 Å². The third-order valence-electron chi connectivity index (χ3n) is 3.84. The van der Waals surface area contributed by atoms with Crippen molar-refractivity contribution in [1.82, 2.24) is 5.32 Å². The Morgan fingerprint density at radius 3 is 2.64 bits per heavy atom. The predicted molar refractivity (Wildman–Crippen MR) is 78.4 cm³/mol. The Kier molecular flexibility index (Phi) is 5.97. The molecule has 122 valence electrons. The van der Waals surface area contributed by atoms with Gasteiger partial charge in [-0.05, 0) is 49.8 Å². The second kappa shape index (κ2) is 7.74. The molecule has 1 aliphatic carbocycles. The summed E-state index contributed by atoms with van der Waals surface area (Å²) in [5, 5.41) is 12.2. The van der Waals surface area contributed by atoms with Crippen LogP contribution in [0, 0.1) is 5.92 Å². The average molecular weight is 334 g/mol. The van der Waals surface area contributed by atoms with Crippen molar-refractivity contribution in [2.75, 3.05) is 6.61 Å². The Bertz CT molecular complexity index is 520. The van der Waals surface area contributed by atoms with E-state index in [4.69, 9.17) is 16.7 Å². The Morgan fingerprint density at radius 2 is 2.05 bits per heavy atom. The summed E-state index contributed by atoms with van der Waals surface area (Å²) < 4.78 is 29.1. The summed E-state index contributed by atoms with van der Waals surface area (Å²) in [6.45, 7) is -2.85. The number of alkyl halides is 2. The molecule has 4 nitrogen and oxygen atoms in total. The van der Waals surface area contributed by atoms with E-state index in [1.807, 2.05) is 0 Å². The Labute approximate surface area is 132 Å². The minimum Gasteiger partial charge on any atom is -0.434 e. The van der Waals surface area contributed by atoms with E-state index in [2.05, 4.69) is 10.1 Å². The maximum atomic E-state index is 12.4. The zero-order valence-corrected chi connectivity index (χ0v) is 12.7. The number of aliphatic hydroxyl groups is 1. The minimum atomic E-state index is -3.01. The largest absolute Gasteiger partial charge is 0.434 e. The maximum absolute atomic E-state index is 12.4. The monoisotopic (exact) mass is 333 g/mol. The topological polar surface area (TPSA) is 58.6 Å². The summed E-state index contributed by atoms with van der Waals surface area (Å²) in [5.41, 5.74) is -0.00270. The molecule has 0 aliphatic heterocycles. The molecule has 22 heavy (non-hydrogen) atoms. The van der Waals surface area contributed by atoms with Crippen molar-refractivity contribution < 1.29 is 23.4 Å². The molecule has 7 heteroatoms. The summed E-state index contributed by atoms with van der Waals surface area (Å²) in [7, 11) is 0. The molecule has 2 N–H and O–H groups in total. The van der Waals surface area contributed by atoms with Crippen LogP contribution >= 0.6 is 11.6 Å². The molecule has 0 atom stereocenters. The quantitative estimate of drug-likeness (QED) is 0.869. The van der Waals surface area contributed by atoms with Crippen LogP contribution in [0.5, 0.6) is 5.75 Å². The molecule has 0 radical (unpaired) electrons. The lowest BCUT2D eigenvalue weighted by Gasteiger charge is -2.28. The van der Waals surface area contributed by atoms with E-state index in [1.54, 1.807) is 0 Å². The van der Waals surface area contributed by atoms with Gasteiger partial charge >= 0.3 is 6.61 Å². The SMILES string of the molecule is O=C(NC1CCC(CO)CC1)c1cc(Cl)ccc1OC(F)F. The van der Waals surface area contributed by atoms with Crippen LogP contribution in [0.2, 0.25) is 5.02 Å². The third-order valence-corrected chi connectivity index (χ3v) is 4.08. The van der Waals surface area contributed by atoms with Crippen LogP contribution in [0.15, 0.2) is 18.2 Å². The summed E-state index contributed by atoms with van der Waals surface area (Å²) in [6.07, 6.45) is 3.17. The Hall–Kier alpha value is -1.40. The maximum Gasteiger partial charge on any atom is 0.387 e. The standard InChI is InChI=1S/C15H18ClF2NO3/c16-10-3-6-13(22-15(17)18)12(7-10)14(21)19-11-4-1-9(8-20)2-5-11/h3,6-7,9,11,15,20H,1-2,4-5,8H2,(H,19,21). The van der Waals surface area contributed by atoms with E-state index in [0.717, 1.165) is 25.7 Å². The van der Waals surface area contributed by atoms with E-state index in [-0.39, 0.29) is 34.9 Å². The van der Waals surface area contributed by atoms with Crippen molar-refractivity contribution in [3.05, 3.63) is 28.8 Å². The fourth-order valence-corrected chi connectivity index (χ4v) is 2.80. The lowest BCUT2D eigenvalue weighted by molar-refractivity contribution is -0.0501. The second-order valence-corrected chi connectivity index (χ2v) is 5.83. The minimum absolute atomic E-state index is 0.00270. The molecule has 1 amide bonds. The van der Waals surface area contributed by atoms with Gasteiger partial charge in [0.1, 0.15) is 5.75 Å². The van der Waals surface area contributed by atoms with Gasteiger partial charge in [0.25, 0.3) is 5.91 Å². The molecule has 0 heterocycles. The summed E-state index contributed by atoms with van der Waals surface area (Å²) in [5.74, 6) is -0.399. The summed E-state index contributed by atoms with van der Waals surface area (Å²) >= 11 is 5.83. The zero-order chi connectivity index (χ0) is 16.1. The number of benzene rings is 1. The second-order valence-electron chi connectivity index (χ2n) is 5.39. The van der Waals surface area contributed by atoms with Crippen molar-refractivity contribution in [3.63, 3.8) is 0 Å². The molecule has 1 fully saturated rings. The summed E-state index contributed by atoms with van der Waals surface area (Å²) in [4.78, 5) is 12.3. The number of carbonyl (C=O) groups is 1. The molecule has 2 rings (SSSR count). The van der Waals surface area contributed by atoms with Gasteiger partial charge in [0.05, 0.1) is 5.56 Å². The molecule has 1 aromatic rings. The highest BCUT2D eigenvalue weighted by Gasteiger charge is 2.24. The van der Waals surface area contributed by atoms with Gasteiger partial charge in [-0.2, -0.15) is 8.78 Å². The van der Waals surface area contributed by atoms with Gasteiger partial charge in [0, 0.05) is 17.7 Å². The van der Waals surface area contributed by atoms with Crippen LogP contribution < -0.4 is 10.1 Å². The Morgan fingerprint density at radius 1 is 1.36 bits per heavy atom. The molecule has 0 saturated heterocycles. The van der Waals surface area contributed by atoms with Crippen molar-refractivity contribution in [1.29, 1.82) is 0 Å². The van der Waals surface area contributed by atoms with E-state index in [9.17, 15) is 13.6 Å². The molecule has 1 aliphatic rings. The van der Waals surface area contributed by atoms with Gasteiger partial charge in [-0.15, -0.1) is 0 Å². The van der Waals surface area contributed by atoms with E-state index in [0.29, 0.717) is 0 Å². The molecular formula is C15H18ClF2NO3. The normalized spacial score (nSPS) is 21.7. The first-order valence-corrected chi connectivity index (χ1v) is 7.53. The number of hydrogen-bond donors (Lipinski definition) is 2. The molecule has 1 aromatic carbocycles. The molecule has 0 aromatic heterocycles. The number of carbonyl (C=O) groups excluding carboxylic acids is 1. The van der Waals surface area contributed by atoms with E-state index >= 15 is 0 Å². The lowest BCUT2D eigenvalue weighted by atomic mass is 9.86. The van der Waals surface area contributed by atoms with Gasteiger partial charge in [-0.1, -0.05) is 11.6 Å². The van der Waals surface area contributed by atoms with E-state index < -0.39 is 12.5 Å². The van der Waals surface area contributed by atoms with Crippen LogP contribution in [0.4, 0.5) is 8.78 Å². The first-order chi connectivity index (χ1) is 10.5. The lowest BCUT2D eigenvalue weighted by Crippen LogP contribution is -2.38. The van der Waals surface area contributed by atoms with Crippen molar-refractivity contribution in [3.8, 4) is 5.75 Å². The fourth-order valence-electron chi connectivity index (χ4n) is 2.63. The van der Waals surface area contributed by atoms with Gasteiger partial charge in [-0.3, -0.25) is 4.79 Å². The number of nitrogens with one attached hydrogen (secondary N) is 1. The number of aliphatic hydroxyl groups excluding tert-OH is 1. The van der Waals surface area contributed by atoms with Crippen LogP contribution in [0.3, 0.4) is 0 Å². The number of rotatable bonds is 5. The average Bonchev–Trinajstić information content (AvgIpc) is 2.49. The predicted octanol–water partition coefficient (Wildman–Crippen LogP) is 3.22. The van der Waals surface area contributed by atoms with Gasteiger partial charge in [0.15, 0.2) is 0 Å². The van der Waals surface area contributed by atoms with Crippen molar-refractivity contribution >= 4 is 17.5 Å². The van der Waals surface area contributed by atoms with Crippen molar-refractivity contribution in [2.24, 2.45) is 5.92 Å². The third kappa shape index (κ3) is 4.55. The summed E-state index contributed by atoms with van der Waals surface area (Å²) in [6, 6.07) is 3.93. The number of hydrogen-bond acceptors (Lipinski definition) is 3. The molecule has 0 spiro atoms. The van der Waals surface area contributed by atoms with Gasteiger partial charge in [0.2, 0.25) is 0 Å². The van der Waals surface area contributed by atoms with Crippen molar-refractivity contribution in [2.45, 2.75) is 38.3 Å². The number of ether oxygens (including phenoxy) is 1. The zero-order valence-electron chi connectivity index (χ0n) is 11.9. The number of amides is 1. The first kappa shape index (κ1) is 17.0. The molecule has 0 bridgehead atoms.